The number of pyridine rings is 1. The van der Waals surface area contributed by atoms with Crippen molar-refractivity contribution in [2.75, 3.05) is 6.61 Å². The smallest absolute Gasteiger partial charge is 0.358 e. The van der Waals surface area contributed by atoms with Gasteiger partial charge in [-0.2, -0.15) is 5.10 Å². The van der Waals surface area contributed by atoms with Gasteiger partial charge in [0.1, 0.15) is 0 Å². The number of halogens is 1. The van der Waals surface area contributed by atoms with Gasteiger partial charge in [0.05, 0.1) is 17.3 Å². The van der Waals surface area contributed by atoms with E-state index < -0.39 is 5.97 Å². The second kappa shape index (κ2) is 5.18. The van der Waals surface area contributed by atoms with Gasteiger partial charge in [0, 0.05) is 25.0 Å². The van der Waals surface area contributed by atoms with Crippen molar-refractivity contribution in [1.82, 2.24) is 14.8 Å². The molecule has 2 rings (SSSR count). The van der Waals surface area contributed by atoms with Crippen LogP contribution in [0.25, 0.3) is 11.3 Å². The summed E-state index contributed by atoms with van der Waals surface area (Å²) in [6.07, 6.45) is 3.38. The molecule has 6 heteroatoms. The molecule has 2 heterocycles. The Hall–Kier alpha value is -1.88. The molecule has 0 atom stereocenters. The fourth-order valence-electron chi connectivity index (χ4n) is 1.50. The number of nitrogens with zero attached hydrogens (tertiary/aromatic N) is 3. The lowest BCUT2D eigenvalue weighted by atomic mass is 10.2. The summed E-state index contributed by atoms with van der Waals surface area (Å²) < 4.78 is 6.54. The maximum atomic E-state index is 11.5. The largest absolute Gasteiger partial charge is 0.461 e. The normalized spacial score (nSPS) is 10.4. The SMILES string of the molecule is CCOC(=O)c1ncc(-c2ccn(C)n2)cc1Cl. The van der Waals surface area contributed by atoms with Crippen LogP contribution in [0.15, 0.2) is 24.5 Å². The Morgan fingerprint density at radius 1 is 1.56 bits per heavy atom. The van der Waals surface area contributed by atoms with Crippen LogP contribution in [0.2, 0.25) is 5.02 Å². The Morgan fingerprint density at radius 2 is 2.33 bits per heavy atom. The van der Waals surface area contributed by atoms with E-state index >= 15 is 0 Å². The fourth-order valence-corrected chi connectivity index (χ4v) is 1.74. The van der Waals surface area contributed by atoms with E-state index in [4.69, 9.17) is 16.3 Å². The van der Waals surface area contributed by atoms with E-state index in [9.17, 15) is 4.79 Å². The zero-order chi connectivity index (χ0) is 13.1. The molecule has 18 heavy (non-hydrogen) atoms. The molecule has 0 aliphatic heterocycles. The van der Waals surface area contributed by atoms with Crippen LogP contribution in [0.1, 0.15) is 17.4 Å². The quantitative estimate of drug-likeness (QED) is 0.799. The highest BCUT2D eigenvalue weighted by Crippen LogP contribution is 2.22. The summed E-state index contributed by atoms with van der Waals surface area (Å²) in [7, 11) is 1.82. The maximum Gasteiger partial charge on any atom is 0.358 e. The molecular formula is C12H12ClN3O2. The number of hydrogen-bond acceptors (Lipinski definition) is 4. The first-order chi connectivity index (χ1) is 8.61. The maximum absolute atomic E-state index is 11.5. The Bertz CT molecular complexity index is 580. The summed E-state index contributed by atoms with van der Waals surface area (Å²) in [5.41, 5.74) is 1.63. The molecule has 0 aliphatic carbocycles. The topological polar surface area (TPSA) is 57.0 Å². The Kier molecular flexibility index (Phi) is 3.62. The van der Waals surface area contributed by atoms with Gasteiger partial charge in [0.15, 0.2) is 5.69 Å². The van der Waals surface area contributed by atoms with Crippen molar-refractivity contribution in [2.24, 2.45) is 7.05 Å². The molecule has 0 spiro atoms. The zero-order valence-corrected chi connectivity index (χ0v) is 10.8. The number of carbonyl (C=O) groups is 1. The van der Waals surface area contributed by atoms with E-state index in [0.717, 1.165) is 11.3 Å². The van der Waals surface area contributed by atoms with Crippen molar-refractivity contribution in [3.05, 3.63) is 35.2 Å². The molecule has 2 aromatic heterocycles. The number of aryl methyl sites for hydroxylation is 1. The molecule has 0 saturated heterocycles. The highest BCUT2D eigenvalue weighted by Gasteiger charge is 2.14. The van der Waals surface area contributed by atoms with Gasteiger partial charge < -0.3 is 4.74 Å². The van der Waals surface area contributed by atoms with E-state index in [1.165, 1.54) is 0 Å². The first-order valence-corrected chi connectivity index (χ1v) is 5.82. The summed E-state index contributed by atoms with van der Waals surface area (Å²) in [5, 5.41) is 4.50. The lowest BCUT2D eigenvalue weighted by Crippen LogP contribution is -2.07. The average molecular weight is 266 g/mol. The predicted octanol–water partition coefficient (Wildman–Crippen LogP) is 2.31. The Labute approximate surface area is 109 Å². The molecule has 0 bridgehead atoms. The van der Waals surface area contributed by atoms with Gasteiger partial charge in [0.25, 0.3) is 0 Å². The summed E-state index contributed by atoms with van der Waals surface area (Å²) in [6, 6.07) is 3.50. The number of ether oxygens (including phenoxy) is 1. The van der Waals surface area contributed by atoms with E-state index in [-0.39, 0.29) is 10.7 Å². The lowest BCUT2D eigenvalue weighted by molar-refractivity contribution is 0.0520. The average Bonchev–Trinajstić information content (AvgIpc) is 2.76. The van der Waals surface area contributed by atoms with E-state index in [0.29, 0.717) is 6.61 Å². The van der Waals surface area contributed by atoms with Gasteiger partial charge in [-0.1, -0.05) is 11.6 Å². The number of aromatic nitrogens is 3. The van der Waals surface area contributed by atoms with Crippen LogP contribution in [0.3, 0.4) is 0 Å². The van der Waals surface area contributed by atoms with Crippen molar-refractivity contribution in [3.63, 3.8) is 0 Å². The minimum atomic E-state index is -0.518. The van der Waals surface area contributed by atoms with Crippen LogP contribution >= 0.6 is 11.6 Å². The Morgan fingerprint density at radius 3 is 2.89 bits per heavy atom. The summed E-state index contributed by atoms with van der Waals surface area (Å²) in [6.45, 7) is 2.02. The molecule has 0 unspecified atom stereocenters. The fraction of sp³-hybridized carbons (Fsp3) is 0.250. The minimum absolute atomic E-state index is 0.123. The molecule has 0 saturated carbocycles. The van der Waals surface area contributed by atoms with Crippen LogP contribution in [0, 0.1) is 0 Å². The van der Waals surface area contributed by atoms with Gasteiger partial charge in [-0.3, -0.25) is 4.68 Å². The Balaban J connectivity index is 2.33. The third-order valence-electron chi connectivity index (χ3n) is 2.32. The van der Waals surface area contributed by atoms with Crippen molar-refractivity contribution in [2.45, 2.75) is 6.92 Å². The number of rotatable bonds is 3. The predicted molar refractivity (Wildman–Crippen MR) is 67.4 cm³/mol. The second-order valence-electron chi connectivity index (χ2n) is 3.65. The first-order valence-electron chi connectivity index (χ1n) is 5.44. The summed E-state index contributed by atoms with van der Waals surface area (Å²) >= 11 is 6.02. The van der Waals surface area contributed by atoms with Crippen molar-refractivity contribution in [3.8, 4) is 11.3 Å². The number of esters is 1. The lowest BCUT2D eigenvalue weighted by Gasteiger charge is -2.04. The second-order valence-corrected chi connectivity index (χ2v) is 4.06. The first kappa shape index (κ1) is 12.6. The van der Waals surface area contributed by atoms with Crippen LogP contribution in [0.4, 0.5) is 0 Å². The van der Waals surface area contributed by atoms with Gasteiger partial charge >= 0.3 is 5.97 Å². The zero-order valence-electron chi connectivity index (χ0n) is 10.1. The number of hydrogen-bond donors (Lipinski definition) is 0. The molecule has 0 aromatic carbocycles. The van der Waals surface area contributed by atoms with Crippen LogP contribution in [0.5, 0.6) is 0 Å². The van der Waals surface area contributed by atoms with Gasteiger partial charge in [-0.05, 0) is 19.1 Å². The third kappa shape index (κ3) is 2.51. The van der Waals surface area contributed by atoms with Gasteiger partial charge in [0.2, 0.25) is 0 Å². The van der Waals surface area contributed by atoms with Gasteiger partial charge in [-0.25, -0.2) is 9.78 Å². The molecule has 5 nitrogen and oxygen atoms in total. The van der Waals surface area contributed by atoms with Crippen molar-refractivity contribution in [1.29, 1.82) is 0 Å². The summed E-state index contributed by atoms with van der Waals surface area (Å²) in [5.74, 6) is -0.518. The third-order valence-corrected chi connectivity index (χ3v) is 2.61. The number of carbonyl (C=O) groups excluding carboxylic acids is 1. The molecule has 0 radical (unpaired) electrons. The molecule has 2 aromatic rings. The van der Waals surface area contributed by atoms with E-state index in [1.54, 1.807) is 23.9 Å². The molecule has 0 N–H and O–H groups in total. The van der Waals surface area contributed by atoms with E-state index in [2.05, 4.69) is 10.1 Å². The monoisotopic (exact) mass is 265 g/mol. The van der Waals surface area contributed by atoms with Crippen LogP contribution < -0.4 is 0 Å². The molecule has 94 valence electrons. The summed E-state index contributed by atoms with van der Waals surface area (Å²) in [4.78, 5) is 15.6. The van der Waals surface area contributed by atoms with Crippen LogP contribution in [-0.4, -0.2) is 27.3 Å². The molecule has 0 aliphatic rings. The minimum Gasteiger partial charge on any atom is -0.461 e. The molecule has 0 fully saturated rings. The molecular weight excluding hydrogens is 254 g/mol. The van der Waals surface area contributed by atoms with Gasteiger partial charge in [-0.15, -0.1) is 0 Å². The highest BCUT2D eigenvalue weighted by molar-refractivity contribution is 6.33. The van der Waals surface area contributed by atoms with E-state index in [1.807, 2.05) is 19.3 Å². The van der Waals surface area contributed by atoms with Crippen molar-refractivity contribution < 1.29 is 9.53 Å². The highest BCUT2D eigenvalue weighted by atomic mass is 35.5. The van der Waals surface area contributed by atoms with Crippen molar-refractivity contribution >= 4 is 17.6 Å². The van der Waals surface area contributed by atoms with Crippen LogP contribution in [-0.2, 0) is 11.8 Å². The molecule has 0 amide bonds. The standard InChI is InChI=1S/C12H12ClN3O2/c1-3-18-12(17)11-9(13)6-8(7-14-11)10-4-5-16(2)15-10/h4-7H,3H2,1-2H3.